The van der Waals surface area contributed by atoms with Gasteiger partial charge < -0.3 is 15.0 Å². The number of nitrogens with zero attached hydrogens (tertiary/aromatic N) is 1. The molecule has 0 radical (unpaired) electrons. The molecule has 0 atom stereocenters. The number of ether oxygens (including phenoxy) is 1. The van der Waals surface area contributed by atoms with Gasteiger partial charge in [-0.25, -0.2) is 0 Å². The predicted molar refractivity (Wildman–Crippen MR) is 79.2 cm³/mol. The summed E-state index contributed by atoms with van der Waals surface area (Å²) in [5, 5.41) is 0. The molecule has 1 aromatic heterocycles. The number of nitrogens with two attached hydrogens (primary N) is 1. The summed E-state index contributed by atoms with van der Waals surface area (Å²) in [6.07, 6.45) is 3.16. The van der Waals surface area contributed by atoms with Gasteiger partial charge in [0.2, 0.25) is 0 Å². The molecule has 0 amide bonds. The van der Waals surface area contributed by atoms with Crippen molar-refractivity contribution in [2.24, 2.45) is 0 Å². The van der Waals surface area contributed by atoms with Crippen LogP contribution >= 0.6 is 0 Å². The number of aryl methyl sites for hydroxylation is 1. The summed E-state index contributed by atoms with van der Waals surface area (Å²) < 4.78 is 7.22. The van der Waals surface area contributed by atoms with Crippen molar-refractivity contribution in [3.05, 3.63) is 57.5 Å². The van der Waals surface area contributed by atoms with E-state index in [1.54, 1.807) is 19.2 Å². The summed E-state index contributed by atoms with van der Waals surface area (Å²) in [6, 6.07) is 9.18. The van der Waals surface area contributed by atoms with Crippen molar-refractivity contribution in [3.63, 3.8) is 0 Å². The molecule has 1 aliphatic carbocycles. The molecule has 3 rings (SSSR count). The second kappa shape index (κ2) is 5.04. The monoisotopic (exact) mass is 270 g/mol. The first-order valence-electron chi connectivity index (χ1n) is 6.83. The Labute approximate surface area is 117 Å². The maximum atomic E-state index is 12.1. The Kier molecular flexibility index (Phi) is 3.22. The van der Waals surface area contributed by atoms with Crippen LogP contribution in [0.4, 0.5) is 5.69 Å². The molecular weight excluding hydrogens is 252 g/mol. The van der Waals surface area contributed by atoms with E-state index in [0.717, 1.165) is 36.3 Å². The second-order valence-electron chi connectivity index (χ2n) is 5.15. The molecule has 1 heterocycles. The summed E-state index contributed by atoms with van der Waals surface area (Å²) in [4.78, 5) is 12.1. The lowest BCUT2D eigenvalue weighted by molar-refractivity contribution is 0.408. The fourth-order valence-electron chi connectivity index (χ4n) is 2.87. The van der Waals surface area contributed by atoms with Crippen LogP contribution in [-0.4, -0.2) is 11.7 Å². The Morgan fingerprint density at radius 2 is 2.10 bits per heavy atom. The summed E-state index contributed by atoms with van der Waals surface area (Å²) >= 11 is 0. The van der Waals surface area contributed by atoms with Crippen molar-refractivity contribution in [2.45, 2.75) is 25.8 Å². The second-order valence-corrected chi connectivity index (χ2v) is 5.15. The van der Waals surface area contributed by atoms with Gasteiger partial charge in [0.1, 0.15) is 5.75 Å². The third kappa shape index (κ3) is 2.18. The molecule has 0 spiro atoms. The molecule has 4 heteroatoms. The Morgan fingerprint density at radius 3 is 2.90 bits per heavy atom. The highest BCUT2D eigenvalue weighted by Crippen LogP contribution is 2.25. The molecule has 2 aromatic rings. The highest BCUT2D eigenvalue weighted by atomic mass is 16.5. The first-order valence-corrected chi connectivity index (χ1v) is 6.83. The largest absolute Gasteiger partial charge is 0.496 e. The van der Waals surface area contributed by atoms with E-state index in [9.17, 15) is 4.79 Å². The van der Waals surface area contributed by atoms with Gasteiger partial charge in [0.15, 0.2) is 0 Å². The van der Waals surface area contributed by atoms with E-state index in [2.05, 4.69) is 0 Å². The minimum Gasteiger partial charge on any atom is -0.496 e. The lowest BCUT2D eigenvalue weighted by Gasteiger charge is -2.14. The first kappa shape index (κ1) is 12.8. The van der Waals surface area contributed by atoms with Crippen LogP contribution in [0.1, 0.15) is 23.2 Å². The number of nitrogen functional groups attached to an aromatic ring is 1. The molecule has 0 fully saturated rings. The molecule has 0 unspecified atom stereocenters. The average molecular weight is 270 g/mol. The van der Waals surface area contributed by atoms with E-state index >= 15 is 0 Å². The van der Waals surface area contributed by atoms with E-state index in [4.69, 9.17) is 10.5 Å². The maximum Gasteiger partial charge on any atom is 0.251 e. The predicted octanol–water partition coefficient (Wildman–Crippen LogP) is 1.98. The van der Waals surface area contributed by atoms with Crippen LogP contribution in [0, 0.1) is 0 Å². The number of fused-ring (bicyclic) bond motifs is 1. The average Bonchev–Trinajstić information content (AvgIpc) is 2.92. The minimum atomic E-state index is 0.0459. The fraction of sp³-hybridized carbons (Fsp3) is 0.312. The van der Waals surface area contributed by atoms with Crippen molar-refractivity contribution in [2.75, 3.05) is 12.8 Å². The lowest BCUT2D eigenvalue weighted by atomic mass is 10.1. The summed E-state index contributed by atoms with van der Waals surface area (Å²) in [6.45, 7) is 0.533. The Morgan fingerprint density at radius 1 is 1.25 bits per heavy atom. The van der Waals surface area contributed by atoms with Crippen LogP contribution in [0.2, 0.25) is 0 Å². The van der Waals surface area contributed by atoms with Crippen molar-refractivity contribution >= 4 is 5.69 Å². The molecule has 1 aromatic carbocycles. The Bertz CT molecular complexity index is 704. The Hall–Kier alpha value is -2.23. The summed E-state index contributed by atoms with van der Waals surface area (Å²) in [5.74, 6) is 0.729. The molecule has 0 saturated carbocycles. The van der Waals surface area contributed by atoms with Crippen molar-refractivity contribution in [3.8, 4) is 5.75 Å². The third-order valence-electron chi connectivity index (χ3n) is 3.89. The molecule has 104 valence electrons. The highest BCUT2D eigenvalue weighted by Gasteiger charge is 2.16. The number of pyridine rings is 1. The molecule has 0 saturated heterocycles. The molecule has 0 aliphatic heterocycles. The molecule has 4 nitrogen and oxygen atoms in total. The lowest BCUT2D eigenvalue weighted by Crippen LogP contribution is -2.23. The smallest absolute Gasteiger partial charge is 0.251 e. The van der Waals surface area contributed by atoms with Gasteiger partial charge in [-0.15, -0.1) is 0 Å². The molecule has 20 heavy (non-hydrogen) atoms. The van der Waals surface area contributed by atoms with Gasteiger partial charge in [-0.3, -0.25) is 4.79 Å². The number of anilines is 1. The topological polar surface area (TPSA) is 57.2 Å². The van der Waals surface area contributed by atoms with Crippen LogP contribution in [0.25, 0.3) is 0 Å². The van der Waals surface area contributed by atoms with Crippen LogP contribution in [0.3, 0.4) is 0 Å². The first-order chi connectivity index (χ1) is 9.69. The van der Waals surface area contributed by atoms with Crippen LogP contribution in [-0.2, 0) is 19.4 Å². The zero-order valence-corrected chi connectivity index (χ0v) is 11.6. The van der Waals surface area contributed by atoms with Gasteiger partial charge in [-0.1, -0.05) is 12.1 Å². The number of hydrogen-bond donors (Lipinski definition) is 1. The van der Waals surface area contributed by atoms with Crippen LogP contribution in [0.15, 0.2) is 35.1 Å². The van der Waals surface area contributed by atoms with Crippen LogP contribution in [0.5, 0.6) is 5.75 Å². The number of aromatic nitrogens is 1. The summed E-state index contributed by atoms with van der Waals surface area (Å²) in [5.41, 5.74) is 9.91. The minimum absolute atomic E-state index is 0.0459. The number of benzene rings is 1. The highest BCUT2D eigenvalue weighted by molar-refractivity contribution is 5.48. The van der Waals surface area contributed by atoms with Gasteiger partial charge in [-0.05, 0) is 30.9 Å². The quantitative estimate of drug-likeness (QED) is 0.868. The van der Waals surface area contributed by atoms with Gasteiger partial charge in [-0.2, -0.15) is 0 Å². The van der Waals surface area contributed by atoms with E-state index < -0.39 is 0 Å². The van der Waals surface area contributed by atoms with E-state index in [0.29, 0.717) is 12.2 Å². The fourth-order valence-corrected chi connectivity index (χ4v) is 2.87. The molecule has 0 bridgehead atoms. The normalized spacial score (nSPS) is 13.2. The van der Waals surface area contributed by atoms with Gasteiger partial charge in [0, 0.05) is 29.1 Å². The maximum absolute atomic E-state index is 12.1. The van der Waals surface area contributed by atoms with Crippen molar-refractivity contribution in [1.82, 2.24) is 4.57 Å². The third-order valence-corrected chi connectivity index (χ3v) is 3.89. The number of hydrogen-bond acceptors (Lipinski definition) is 3. The van der Waals surface area contributed by atoms with Crippen LogP contribution < -0.4 is 16.0 Å². The zero-order chi connectivity index (χ0) is 14.1. The number of methoxy groups -OCH3 is 1. The van der Waals surface area contributed by atoms with E-state index in [1.807, 2.05) is 22.8 Å². The van der Waals surface area contributed by atoms with Crippen molar-refractivity contribution < 1.29 is 4.74 Å². The van der Waals surface area contributed by atoms with E-state index in [1.165, 1.54) is 5.56 Å². The SMILES string of the molecule is COc1cc(N)ccc1Cn1c2c(ccc1=O)CCC2. The number of rotatable bonds is 3. The van der Waals surface area contributed by atoms with Gasteiger partial charge in [0.05, 0.1) is 13.7 Å². The molecular formula is C16H18N2O2. The standard InChI is InChI=1S/C16H18N2O2/c1-20-15-9-13(17)7-5-12(15)10-18-14-4-2-3-11(14)6-8-16(18)19/h5-9H,2-4,10,17H2,1H3. The van der Waals surface area contributed by atoms with Crippen molar-refractivity contribution in [1.29, 1.82) is 0 Å². The van der Waals surface area contributed by atoms with Gasteiger partial charge >= 0.3 is 0 Å². The molecule has 2 N–H and O–H groups in total. The Balaban J connectivity index is 2.04. The van der Waals surface area contributed by atoms with E-state index in [-0.39, 0.29) is 5.56 Å². The molecule has 1 aliphatic rings. The summed E-state index contributed by atoms with van der Waals surface area (Å²) in [7, 11) is 1.62. The van der Waals surface area contributed by atoms with Gasteiger partial charge in [0.25, 0.3) is 5.56 Å². The zero-order valence-electron chi connectivity index (χ0n) is 11.6.